The molecule has 1 rings (SSSR count). The van der Waals surface area contributed by atoms with Crippen molar-refractivity contribution in [2.75, 3.05) is 7.05 Å². The Morgan fingerprint density at radius 2 is 2.00 bits per heavy atom. The minimum absolute atomic E-state index is 0.0317. The van der Waals surface area contributed by atoms with Gasteiger partial charge < -0.3 is 10.1 Å². The molecule has 0 aliphatic heterocycles. The van der Waals surface area contributed by atoms with Crippen molar-refractivity contribution in [2.45, 2.75) is 32.4 Å². The third kappa shape index (κ3) is 3.77. The Balaban J connectivity index is 2.61. The van der Waals surface area contributed by atoms with Crippen LogP contribution in [0.15, 0.2) is 18.2 Å². The normalized spacial score (nSPS) is 14.6. The molecule has 0 heterocycles. The molecule has 16 heavy (non-hydrogen) atoms. The maximum Gasteiger partial charge on any atom is 0.165 e. The Labute approximate surface area is 94.6 Å². The monoisotopic (exact) mass is 229 g/mol. The van der Waals surface area contributed by atoms with Crippen molar-refractivity contribution in [3.63, 3.8) is 0 Å². The van der Waals surface area contributed by atoms with Crippen LogP contribution in [0.5, 0.6) is 5.75 Å². The highest BCUT2D eigenvalue weighted by Crippen LogP contribution is 2.20. The zero-order chi connectivity index (χ0) is 12.1. The second-order valence-electron chi connectivity index (χ2n) is 3.93. The average Bonchev–Trinajstić information content (AvgIpc) is 2.23. The van der Waals surface area contributed by atoms with Crippen molar-refractivity contribution >= 4 is 0 Å². The van der Waals surface area contributed by atoms with Crippen molar-refractivity contribution in [3.05, 3.63) is 29.8 Å². The number of ether oxygens (including phenoxy) is 1. The van der Waals surface area contributed by atoms with Crippen LogP contribution in [0, 0.1) is 11.6 Å². The molecule has 0 aromatic heterocycles. The standard InChI is InChI=1S/C12H17F2NO/c1-8(15-3)6-9(2)16-12-7-10(13)4-5-11(12)14/h4-5,7-9,15H,6H2,1-3H3. The maximum atomic E-state index is 13.2. The summed E-state index contributed by atoms with van der Waals surface area (Å²) in [6, 6.07) is 3.48. The highest BCUT2D eigenvalue weighted by Gasteiger charge is 2.12. The first-order valence-corrected chi connectivity index (χ1v) is 5.32. The lowest BCUT2D eigenvalue weighted by molar-refractivity contribution is 0.189. The second-order valence-corrected chi connectivity index (χ2v) is 3.93. The van der Waals surface area contributed by atoms with Crippen LogP contribution in [0.4, 0.5) is 8.78 Å². The summed E-state index contributed by atoms with van der Waals surface area (Å²) in [5.74, 6) is -1.06. The van der Waals surface area contributed by atoms with Gasteiger partial charge in [0.25, 0.3) is 0 Å². The molecule has 2 unspecified atom stereocenters. The third-order valence-corrected chi connectivity index (χ3v) is 2.40. The van der Waals surface area contributed by atoms with Gasteiger partial charge >= 0.3 is 0 Å². The molecule has 0 saturated heterocycles. The second kappa shape index (κ2) is 5.80. The van der Waals surface area contributed by atoms with Gasteiger partial charge in [-0.1, -0.05) is 0 Å². The topological polar surface area (TPSA) is 21.3 Å². The summed E-state index contributed by atoms with van der Waals surface area (Å²) in [5.41, 5.74) is 0. The zero-order valence-corrected chi connectivity index (χ0v) is 9.76. The van der Waals surface area contributed by atoms with E-state index in [0.29, 0.717) is 0 Å². The molecule has 0 saturated carbocycles. The van der Waals surface area contributed by atoms with Crippen LogP contribution in [0.1, 0.15) is 20.3 Å². The molecule has 90 valence electrons. The van der Waals surface area contributed by atoms with E-state index in [4.69, 9.17) is 4.74 Å². The van der Waals surface area contributed by atoms with Crippen LogP contribution in [0.25, 0.3) is 0 Å². The summed E-state index contributed by atoms with van der Waals surface area (Å²) < 4.78 is 31.5. The van der Waals surface area contributed by atoms with Crippen molar-refractivity contribution < 1.29 is 13.5 Å². The lowest BCUT2D eigenvalue weighted by Crippen LogP contribution is -2.28. The molecule has 2 atom stereocenters. The van der Waals surface area contributed by atoms with Gasteiger partial charge in [-0.25, -0.2) is 8.78 Å². The molecule has 0 radical (unpaired) electrons. The number of benzene rings is 1. The summed E-state index contributed by atoms with van der Waals surface area (Å²) in [7, 11) is 1.85. The predicted octanol–water partition coefficient (Wildman–Crippen LogP) is 2.73. The number of hydrogen-bond acceptors (Lipinski definition) is 2. The van der Waals surface area contributed by atoms with Gasteiger partial charge in [0.2, 0.25) is 0 Å². The van der Waals surface area contributed by atoms with Crippen molar-refractivity contribution in [1.82, 2.24) is 5.32 Å². The summed E-state index contributed by atoms with van der Waals surface area (Å²) >= 11 is 0. The predicted molar refractivity (Wildman–Crippen MR) is 59.6 cm³/mol. The first-order valence-electron chi connectivity index (χ1n) is 5.32. The minimum Gasteiger partial charge on any atom is -0.487 e. The quantitative estimate of drug-likeness (QED) is 0.838. The zero-order valence-electron chi connectivity index (χ0n) is 9.76. The summed E-state index contributed by atoms with van der Waals surface area (Å²) in [5, 5.41) is 3.06. The van der Waals surface area contributed by atoms with E-state index in [-0.39, 0.29) is 17.9 Å². The van der Waals surface area contributed by atoms with E-state index >= 15 is 0 Å². The van der Waals surface area contributed by atoms with E-state index in [1.165, 1.54) is 0 Å². The molecule has 4 heteroatoms. The molecular formula is C12H17F2NO. The van der Waals surface area contributed by atoms with Crippen LogP contribution in [0.3, 0.4) is 0 Å². The van der Waals surface area contributed by atoms with Gasteiger partial charge in [0, 0.05) is 12.1 Å². The Kier molecular flexibility index (Phi) is 4.68. The lowest BCUT2D eigenvalue weighted by Gasteiger charge is -2.18. The fourth-order valence-corrected chi connectivity index (χ4v) is 1.45. The highest BCUT2D eigenvalue weighted by molar-refractivity contribution is 5.25. The molecule has 2 nitrogen and oxygen atoms in total. The lowest BCUT2D eigenvalue weighted by atomic mass is 10.1. The van der Waals surface area contributed by atoms with Gasteiger partial charge in [0.05, 0.1) is 6.10 Å². The van der Waals surface area contributed by atoms with Crippen LogP contribution in [-0.4, -0.2) is 19.2 Å². The van der Waals surface area contributed by atoms with E-state index in [1.54, 1.807) is 0 Å². The Bertz CT molecular complexity index is 344. The molecular weight excluding hydrogens is 212 g/mol. The van der Waals surface area contributed by atoms with Gasteiger partial charge in [-0.15, -0.1) is 0 Å². The number of nitrogens with one attached hydrogen (secondary N) is 1. The largest absolute Gasteiger partial charge is 0.487 e. The highest BCUT2D eigenvalue weighted by atomic mass is 19.1. The smallest absolute Gasteiger partial charge is 0.165 e. The SMILES string of the molecule is CNC(C)CC(C)Oc1cc(F)ccc1F. The molecule has 0 fully saturated rings. The van der Waals surface area contributed by atoms with E-state index in [2.05, 4.69) is 5.32 Å². The van der Waals surface area contributed by atoms with Gasteiger partial charge in [-0.2, -0.15) is 0 Å². The number of hydrogen-bond donors (Lipinski definition) is 1. The maximum absolute atomic E-state index is 13.2. The average molecular weight is 229 g/mol. The van der Waals surface area contributed by atoms with Crippen LogP contribution in [0.2, 0.25) is 0 Å². The fraction of sp³-hybridized carbons (Fsp3) is 0.500. The van der Waals surface area contributed by atoms with E-state index in [0.717, 1.165) is 24.6 Å². The van der Waals surface area contributed by atoms with Crippen LogP contribution >= 0.6 is 0 Å². The van der Waals surface area contributed by atoms with Gasteiger partial charge in [-0.05, 0) is 39.4 Å². The molecule has 1 aromatic carbocycles. The van der Waals surface area contributed by atoms with Crippen molar-refractivity contribution in [3.8, 4) is 5.75 Å². The molecule has 0 amide bonds. The number of rotatable bonds is 5. The van der Waals surface area contributed by atoms with Crippen molar-refractivity contribution in [2.24, 2.45) is 0 Å². The van der Waals surface area contributed by atoms with Crippen LogP contribution in [-0.2, 0) is 0 Å². The third-order valence-electron chi connectivity index (χ3n) is 2.40. The summed E-state index contributed by atoms with van der Waals surface area (Å²) in [4.78, 5) is 0. The molecule has 0 aliphatic rings. The minimum atomic E-state index is -0.537. The van der Waals surface area contributed by atoms with E-state index < -0.39 is 11.6 Å². The Morgan fingerprint density at radius 1 is 1.31 bits per heavy atom. The van der Waals surface area contributed by atoms with Gasteiger partial charge in [-0.3, -0.25) is 0 Å². The first kappa shape index (κ1) is 12.9. The first-order chi connectivity index (χ1) is 7.52. The van der Waals surface area contributed by atoms with E-state index in [1.807, 2.05) is 20.9 Å². The molecule has 0 aliphatic carbocycles. The fourth-order valence-electron chi connectivity index (χ4n) is 1.45. The molecule has 1 N–H and O–H groups in total. The Morgan fingerprint density at radius 3 is 2.62 bits per heavy atom. The number of halogens is 2. The van der Waals surface area contributed by atoms with Gasteiger partial charge in [0.15, 0.2) is 11.6 Å². The summed E-state index contributed by atoms with van der Waals surface area (Å²) in [6.45, 7) is 3.83. The van der Waals surface area contributed by atoms with E-state index in [9.17, 15) is 8.78 Å². The molecule has 1 aromatic rings. The Hall–Kier alpha value is -1.16. The summed E-state index contributed by atoms with van der Waals surface area (Å²) in [6.07, 6.45) is 0.561. The van der Waals surface area contributed by atoms with Crippen LogP contribution < -0.4 is 10.1 Å². The van der Waals surface area contributed by atoms with Gasteiger partial charge in [0.1, 0.15) is 5.82 Å². The van der Waals surface area contributed by atoms with Crippen molar-refractivity contribution in [1.29, 1.82) is 0 Å². The molecule has 0 bridgehead atoms. The molecule has 0 spiro atoms.